The summed E-state index contributed by atoms with van der Waals surface area (Å²) in [6.07, 6.45) is -3.88. The van der Waals surface area contributed by atoms with E-state index >= 15 is 0 Å². The maximum Gasteiger partial charge on any atom is 0.413 e. The van der Waals surface area contributed by atoms with Crippen LogP contribution in [0.5, 0.6) is 0 Å². The Morgan fingerprint density at radius 3 is 1.65 bits per heavy atom. The van der Waals surface area contributed by atoms with Crippen LogP contribution in [-0.2, 0) is 18.9 Å². The van der Waals surface area contributed by atoms with Crippen molar-refractivity contribution in [2.75, 3.05) is 46.5 Å². The van der Waals surface area contributed by atoms with Crippen LogP contribution in [0.1, 0.15) is 6.92 Å². The molecule has 0 saturated carbocycles. The highest BCUT2D eigenvalue weighted by atomic mass is 19.1. The van der Waals surface area contributed by atoms with E-state index in [1.807, 2.05) is 0 Å². The van der Waals surface area contributed by atoms with Crippen LogP contribution in [0.15, 0.2) is 12.2 Å². The summed E-state index contributed by atoms with van der Waals surface area (Å²) in [5.74, 6) is 0. The summed E-state index contributed by atoms with van der Waals surface area (Å²) < 4.78 is 69.4. The van der Waals surface area contributed by atoms with E-state index in [0.29, 0.717) is 0 Å². The number of rotatable bonds is 13. The van der Waals surface area contributed by atoms with Gasteiger partial charge < -0.3 is 14.2 Å². The van der Waals surface area contributed by atoms with E-state index in [4.69, 9.17) is 18.9 Å². The molecule has 8 heteroatoms. The highest BCUT2D eigenvalue weighted by Crippen LogP contribution is 2.20. The molecular weight excluding hydrogens is 284 g/mol. The second kappa shape index (κ2) is 11.0. The summed E-state index contributed by atoms with van der Waals surface area (Å²) in [5.41, 5.74) is 0.181. The van der Waals surface area contributed by atoms with E-state index in [1.54, 1.807) is 0 Å². The van der Waals surface area contributed by atoms with Gasteiger partial charge in [0.05, 0.1) is 26.4 Å². The van der Waals surface area contributed by atoms with E-state index < -0.39 is 58.8 Å². The molecule has 0 rings (SSSR count). The first-order chi connectivity index (χ1) is 9.51. The molecule has 0 aliphatic heterocycles. The second-order valence-corrected chi connectivity index (χ2v) is 3.74. The van der Waals surface area contributed by atoms with Crippen LogP contribution in [0.3, 0.4) is 0 Å². The van der Waals surface area contributed by atoms with Crippen molar-refractivity contribution in [3.8, 4) is 0 Å². The van der Waals surface area contributed by atoms with Crippen molar-refractivity contribution in [1.82, 2.24) is 0 Å². The van der Waals surface area contributed by atoms with Gasteiger partial charge in [-0.2, -0.15) is 0 Å². The third kappa shape index (κ3) is 7.78. The van der Waals surface area contributed by atoms with Crippen LogP contribution in [0.4, 0.5) is 17.6 Å². The minimum absolute atomic E-state index is 0.181. The zero-order valence-corrected chi connectivity index (χ0v) is 11.4. The number of halogens is 4. The van der Waals surface area contributed by atoms with Gasteiger partial charge in [-0.3, -0.25) is 4.74 Å². The topological polar surface area (TPSA) is 36.9 Å². The Kier molecular flexibility index (Phi) is 10.6. The van der Waals surface area contributed by atoms with Gasteiger partial charge >= 0.3 is 6.16 Å². The lowest BCUT2D eigenvalue weighted by molar-refractivity contribution is -0.500. The van der Waals surface area contributed by atoms with Gasteiger partial charge in [0.1, 0.15) is 26.2 Å². The zero-order chi connectivity index (χ0) is 15.4. The normalized spacial score (nSPS) is 13.4. The van der Waals surface area contributed by atoms with Crippen molar-refractivity contribution in [3.63, 3.8) is 0 Å². The fraction of sp³-hybridized carbons (Fsp3) is 0.833. The van der Waals surface area contributed by atoms with Crippen molar-refractivity contribution in [1.29, 1.82) is 0 Å². The molecule has 1 unspecified atom stereocenters. The first-order valence-corrected chi connectivity index (χ1v) is 6.04. The average Bonchev–Trinajstić information content (AvgIpc) is 2.45. The first-order valence-electron chi connectivity index (χ1n) is 6.04. The first kappa shape index (κ1) is 19.3. The van der Waals surface area contributed by atoms with Gasteiger partial charge in [0.25, 0.3) is 0 Å². The third-order valence-corrected chi connectivity index (χ3v) is 2.01. The fourth-order valence-corrected chi connectivity index (χ4v) is 1.06. The quantitative estimate of drug-likeness (QED) is 0.298. The van der Waals surface area contributed by atoms with Crippen LogP contribution < -0.4 is 0 Å². The summed E-state index contributed by atoms with van der Waals surface area (Å²) in [6.45, 7) is 0.0562. The molecule has 0 spiro atoms. The van der Waals surface area contributed by atoms with Crippen molar-refractivity contribution in [3.05, 3.63) is 12.2 Å². The molecule has 0 bridgehead atoms. The van der Waals surface area contributed by atoms with Gasteiger partial charge in [0.2, 0.25) is 0 Å². The van der Waals surface area contributed by atoms with Crippen LogP contribution >= 0.6 is 0 Å². The van der Waals surface area contributed by atoms with Gasteiger partial charge in [-0.1, -0.05) is 6.58 Å². The molecule has 0 radical (unpaired) electrons. The molecule has 0 amide bonds. The summed E-state index contributed by atoms with van der Waals surface area (Å²) in [7, 11) is 0. The molecule has 0 aliphatic carbocycles. The Hall–Kier alpha value is -0.700. The lowest BCUT2D eigenvalue weighted by Crippen LogP contribution is -2.45. The predicted octanol–water partition coefficient (Wildman–Crippen LogP) is 2.49. The van der Waals surface area contributed by atoms with Crippen LogP contribution in [0, 0.1) is 0 Å². The average molecular weight is 304 g/mol. The Balaban J connectivity index is 4.69. The smallest absolute Gasteiger partial charge is 0.301 e. The Labute approximate surface area is 115 Å². The minimum Gasteiger partial charge on any atom is -0.301 e. The molecular formula is C12H20F4O4. The van der Waals surface area contributed by atoms with Gasteiger partial charge in [-0.15, -0.1) is 0 Å². The van der Waals surface area contributed by atoms with Crippen molar-refractivity contribution in [2.24, 2.45) is 0 Å². The number of ether oxygens (including phenoxy) is 4. The molecule has 120 valence electrons. The second-order valence-electron chi connectivity index (χ2n) is 3.74. The predicted molar refractivity (Wildman–Crippen MR) is 64.2 cm³/mol. The van der Waals surface area contributed by atoms with E-state index in [9.17, 15) is 17.6 Å². The van der Waals surface area contributed by atoms with Crippen LogP contribution in [0.2, 0.25) is 0 Å². The van der Waals surface area contributed by atoms with Crippen molar-refractivity contribution < 1.29 is 36.5 Å². The summed E-state index contributed by atoms with van der Waals surface area (Å²) >= 11 is 0. The summed E-state index contributed by atoms with van der Waals surface area (Å²) in [5, 5.41) is 0. The lowest BCUT2D eigenvalue weighted by Gasteiger charge is -2.31. The van der Waals surface area contributed by atoms with Gasteiger partial charge in [0, 0.05) is 0 Å². The van der Waals surface area contributed by atoms with E-state index in [1.165, 1.54) is 6.92 Å². The standard InChI is InChI=1S/C12H20F4O4/c1-10(2)11(16)9-20-12(17-6-3-13,18-7-4-14)19-8-5-15/h11H,1,3-9H2,2H3. The Bertz CT molecular complexity index is 244. The molecule has 0 saturated heterocycles. The lowest BCUT2D eigenvalue weighted by atomic mass is 10.2. The van der Waals surface area contributed by atoms with Crippen molar-refractivity contribution in [2.45, 2.75) is 19.3 Å². The molecule has 20 heavy (non-hydrogen) atoms. The highest BCUT2D eigenvalue weighted by molar-refractivity contribution is 4.96. The van der Waals surface area contributed by atoms with Gasteiger partial charge in [0.15, 0.2) is 0 Å². The summed E-state index contributed by atoms with van der Waals surface area (Å²) in [6, 6.07) is 0. The van der Waals surface area contributed by atoms with Crippen molar-refractivity contribution >= 4 is 0 Å². The summed E-state index contributed by atoms with van der Waals surface area (Å²) in [4.78, 5) is 0. The maximum absolute atomic E-state index is 13.4. The monoisotopic (exact) mass is 304 g/mol. The fourth-order valence-electron chi connectivity index (χ4n) is 1.06. The number of hydrogen-bond acceptors (Lipinski definition) is 4. The van der Waals surface area contributed by atoms with E-state index in [-0.39, 0.29) is 5.57 Å². The number of hydrogen-bond donors (Lipinski definition) is 0. The zero-order valence-electron chi connectivity index (χ0n) is 11.4. The molecule has 0 aromatic rings. The molecule has 0 aliphatic rings. The van der Waals surface area contributed by atoms with E-state index in [0.717, 1.165) is 0 Å². The molecule has 1 atom stereocenters. The Morgan fingerprint density at radius 2 is 1.35 bits per heavy atom. The molecule has 0 heterocycles. The van der Waals surface area contributed by atoms with Gasteiger partial charge in [-0.05, 0) is 12.5 Å². The van der Waals surface area contributed by atoms with E-state index in [2.05, 4.69) is 6.58 Å². The SMILES string of the molecule is C=C(C)C(F)COC(OCCF)(OCCF)OCCF. The third-order valence-electron chi connectivity index (χ3n) is 2.01. The highest BCUT2D eigenvalue weighted by Gasteiger charge is 2.37. The van der Waals surface area contributed by atoms with Crippen LogP contribution in [0.25, 0.3) is 0 Å². The molecule has 0 fully saturated rings. The Morgan fingerprint density at radius 1 is 0.950 bits per heavy atom. The maximum atomic E-state index is 13.4. The van der Waals surface area contributed by atoms with Crippen LogP contribution in [-0.4, -0.2) is 58.8 Å². The molecule has 0 N–H and O–H groups in total. The molecule has 4 nitrogen and oxygen atoms in total. The van der Waals surface area contributed by atoms with Gasteiger partial charge in [-0.25, -0.2) is 17.6 Å². The largest absolute Gasteiger partial charge is 0.413 e. The molecule has 0 aromatic heterocycles. The minimum atomic E-state index is -2.33. The molecule has 0 aromatic carbocycles. The number of alkyl halides is 4.